The van der Waals surface area contributed by atoms with Crippen LogP contribution in [-0.2, 0) is 0 Å². The number of nitrogens with zero attached hydrogens (tertiary/aromatic N) is 4. The molecule has 0 aliphatic rings. The first-order valence-corrected chi connectivity index (χ1v) is 4.71. The molecule has 0 aromatic carbocycles. The van der Waals surface area contributed by atoms with Gasteiger partial charge >= 0.3 is 0 Å². The van der Waals surface area contributed by atoms with Crippen molar-refractivity contribution in [3.63, 3.8) is 0 Å². The maximum atomic E-state index is 5.42. The van der Waals surface area contributed by atoms with Gasteiger partial charge in [-0.3, -0.25) is 5.10 Å². The van der Waals surface area contributed by atoms with E-state index < -0.39 is 0 Å². The van der Waals surface area contributed by atoms with E-state index in [4.69, 9.17) is 5.73 Å². The summed E-state index contributed by atoms with van der Waals surface area (Å²) in [5.74, 6) is 0.256. The van der Waals surface area contributed by atoms with E-state index in [2.05, 4.69) is 25.1 Å². The number of nitrogens with one attached hydrogen (secondary N) is 1. The fourth-order valence-electron chi connectivity index (χ4n) is 1.46. The van der Waals surface area contributed by atoms with Crippen LogP contribution < -0.4 is 5.73 Å². The van der Waals surface area contributed by atoms with E-state index in [1.54, 1.807) is 18.6 Å². The molecule has 6 nitrogen and oxygen atoms in total. The van der Waals surface area contributed by atoms with Gasteiger partial charge in [-0.05, 0) is 12.1 Å². The normalized spacial score (nSPS) is 10.8. The third-order valence-electron chi connectivity index (χ3n) is 2.27. The molecule has 0 aliphatic heterocycles. The average Bonchev–Trinajstić information content (AvgIpc) is 2.77. The fourth-order valence-corrected chi connectivity index (χ4v) is 1.46. The highest BCUT2D eigenvalue weighted by Gasteiger charge is 2.03. The van der Waals surface area contributed by atoms with Crippen LogP contribution in [0.1, 0.15) is 0 Å². The lowest BCUT2D eigenvalue weighted by Crippen LogP contribution is -1.94. The molecule has 3 aromatic heterocycles. The number of aromatic amines is 1. The van der Waals surface area contributed by atoms with Crippen molar-refractivity contribution in [2.75, 3.05) is 5.73 Å². The second-order valence-electron chi connectivity index (χ2n) is 3.33. The lowest BCUT2D eigenvalue weighted by atomic mass is 10.2. The molecule has 78 valence electrons. The molecule has 3 aromatic rings. The molecule has 0 aliphatic carbocycles. The minimum atomic E-state index is 0.256. The van der Waals surface area contributed by atoms with Gasteiger partial charge in [0.25, 0.3) is 0 Å². The Morgan fingerprint density at radius 2 is 1.88 bits per heavy atom. The summed E-state index contributed by atoms with van der Waals surface area (Å²) < 4.78 is 0. The zero-order valence-corrected chi connectivity index (χ0v) is 8.25. The van der Waals surface area contributed by atoms with Crippen molar-refractivity contribution >= 4 is 17.0 Å². The maximum absolute atomic E-state index is 5.42. The summed E-state index contributed by atoms with van der Waals surface area (Å²) in [6, 6.07) is 3.84. The van der Waals surface area contributed by atoms with Crippen molar-refractivity contribution < 1.29 is 0 Å². The van der Waals surface area contributed by atoms with Gasteiger partial charge < -0.3 is 5.73 Å². The minimum Gasteiger partial charge on any atom is -0.368 e. The van der Waals surface area contributed by atoms with Crippen LogP contribution in [-0.4, -0.2) is 25.1 Å². The summed E-state index contributed by atoms with van der Waals surface area (Å²) in [5.41, 5.74) is 7.78. The molecule has 0 saturated heterocycles. The van der Waals surface area contributed by atoms with Crippen molar-refractivity contribution in [3.8, 4) is 11.3 Å². The van der Waals surface area contributed by atoms with Gasteiger partial charge in [0.15, 0.2) is 5.65 Å². The van der Waals surface area contributed by atoms with E-state index in [1.165, 1.54) is 0 Å². The highest BCUT2D eigenvalue weighted by atomic mass is 15.1. The molecule has 0 fully saturated rings. The van der Waals surface area contributed by atoms with Crippen molar-refractivity contribution in [3.05, 3.63) is 30.7 Å². The van der Waals surface area contributed by atoms with E-state index in [1.807, 2.05) is 12.1 Å². The van der Waals surface area contributed by atoms with E-state index in [0.29, 0.717) is 0 Å². The van der Waals surface area contributed by atoms with Crippen molar-refractivity contribution in [2.45, 2.75) is 0 Å². The monoisotopic (exact) mass is 212 g/mol. The van der Waals surface area contributed by atoms with Crippen LogP contribution in [0.4, 0.5) is 5.95 Å². The zero-order valence-electron chi connectivity index (χ0n) is 8.25. The van der Waals surface area contributed by atoms with Crippen LogP contribution in [0.15, 0.2) is 30.7 Å². The molecule has 0 saturated carbocycles. The highest BCUT2D eigenvalue weighted by Crippen LogP contribution is 2.18. The number of pyridine rings is 1. The lowest BCUT2D eigenvalue weighted by molar-refractivity contribution is 1.10. The molecule has 0 unspecified atom stereocenters. The molecule has 3 N–H and O–H groups in total. The summed E-state index contributed by atoms with van der Waals surface area (Å²) in [4.78, 5) is 12.2. The summed E-state index contributed by atoms with van der Waals surface area (Å²) in [6.07, 6.45) is 5.02. The lowest BCUT2D eigenvalue weighted by Gasteiger charge is -1.99. The third kappa shape index (κ3) is 1.36. The van der Waals surface area contributed by atoms with Gasteiger partial charge in [0, 0.05) is 23.3 Å². The average molecular weight is 212 g/mol. The second-order valence-corrected chi connectivity index (χ2v) is 3.33. The van der Waals surface area contributed by atoms with Gasteiger partial charge in [0.1, 0.15) is 0 Å². The first kappa shape index (κ1) is 8.78. The van der Waals surface area contributed by atoms with Gasteiger partial charge in [0.05, 0.1) is 11.9 Å². The number of rotatable bonds is 1. The number of nitrogens with two attached hydrogens (primary N) is 1. The van der Waals surface area contributed by atoms with Crippen molar-refractivity contribution in [1.82, 2.24) is 25.1 Å². The summed E-state index contributed by atoms with van der Waals surface area (Å²) in [7, 11) is 0. The molecular weight excluding hydrogens is 204 g/mol. The third-order valence-corrected chi connectivity index (χ3v) is 2.27. The molecule has 0 atom stereocenters. The highest BCUT2D eigenvalue weighted by molar-refractivity contribution is 5.77. The number of hydrogen-bond donors (Lipinski definition) is 2. The van der Waals surface area contributed by atoms with E-state index in [-0.39, 0.29) is 5.95 Å². The number of H-pyrrole nitrogens is 1. The molecule has 3 heterocycles. The summed E-state index contributed by atoms with van der Waals surface area (Å²) in [5, 5.41) is 7.70. The number of anilines is 1. The van der Waals surface area contributed by atoms with Crippen molar-refractivity contribution in [2.24, 2.45) is 0 Å². The Kier molecular flexibility index (Phi) is 1.79. The molecule has 0 amide bonds. The molecule has 0 radical (unpaired) electrons. The van der Waals surface area contributed by atoms with Crippen LogP contribution >= 0.6 is 0 Å². The Bertz CT molecular complexity index is 627. The summed E-state index contributed by atoms with van der Waals surface area (Å²) >= 11 is 0. The van der Waals surface area contributed by atoms with Gasteiger partial charge in [-0.2, -0.15) is 5.10 Å². The smallest absolute Gasteiger partial charge is 0.219 e. The van der Waals surface area contributed by atoms with Crippen LogP contribution in [0.2, 0.25) is 0 Å². The molecule has 16 heavy (non-hydrogen) atoms. The standard InChI is InChI=1S/C10H8N6/c11-10-12-3-7(4-13-10)8-2-1-6-5-14-16-9(6)15-8/h1-5H,(H2,11,12,13)(H,14,15,16). The number of nitrogen functional groups attached to an aromatic ring is 1. The maximum Gasteiger partial charge on any atom is 0.219 e. The first-order chi connectivity index (χ1) is 7.83. The molecule has 0 spiro atoms. The quantitative estimate of drug-likeness (QED) is 0.627. The van der Waals surface area contributed by atoms with Crippen LogP contribution in [0.3, 0.4) is 0 Å². The molecule has 3 rings (SSSR count). The predicted octanol–water partition coefficient (Wildman–Crippen LogP) is 0.997. The molecule has 0 bridgehead atoms. The largest absolute Gasteiger partial charge is 0.368 e. The number of hydrogen-bond acceptors (Lipinski definition) is 5. The van der Waals surface area contributed by atoms with Gasteiger partial charge in [-0.15, -0.1) is 0 Å². The Hall–Kier alpha value is -2.50. The van der Waals surface area contributed by atoms with Crippen LogP contribution in [0.25, 0.3) is 22.3 Å². The Labute approximate surface area is 90.6 Å². The van der Waals surface area contributed by atoms with E-state index in [9.17, 15) is 0 Å². The fraction of sp³-hybridized carbons (Fsp3) is 0. The predicted molar refractivity (Wildman–Crippen MR) is 59.3 cm³/mol. The Balaban J connectivity index is 2.14. The summed E-state index contributed by atoms with van der Waals surface area (Å²) in [6.45, 7) is 0. The van der Waals surface area contributed by atoms with Gasteiger partial charge in [-0.25, -0.2) is 15.0 Å². The first-order valence-electron chi connectivity index (χ1n) is 4.71. The minimum absolute atomic E-state index is 0.256. The number of fused-ring (bicyclic) bond motifs is 1. The van der Waals surface area contributed by atoms with E-state index >= 15 is 0 Å². The Morgan fingerprint density at radius 3 is 2.69 bits per heavy atom. The van der Waals surface area contributed by atoms with Gasteiger partial charge in [0.2, 0.25) is 5.95 Å². The van der Waals surface area contributed by atoms with E-state index in [0.717, 1.165) is 22.3 Å². The SMILES string of the molecule is Nc1ncc(-c2ccc3cn[nH]c3n2)cn1. The van der Waals surface area contributed by atoms with Gasteiger partial charge in [-0.1, -0.05) is 0 Å². The molecular formula is C10H8N6. The Morgan fingerprint density at radius 1 is 1.06 bits per heavy atom. The topological polar surface area (TPSA) is 93.4 Å². The zero-order chi connectivity index (χ0) is 11.0. The van der Waals surface area contributed by atoms with Crippen molar-refractivity contribution in [1.29, 1.82) is 0 Å². The van der Waals surface area contributed by atoms with Crippen LogP contribution in [0.5, 0.6) is 0 Å². The number of aromatic nitrogens is 5. The van der Waals surface area contributed by atoms with Crippen LogP contribution in [0, 0.1) is 0 Å². The second kappa shape index (κ2) is 3.27. The molecule has 6 heteroatoms.